The summed E-state index contributed by atoms with van der Waals surface area (Å²) in [5.74, 6) is -0.345. The summed E-state index contributed by atoms with van der Waals surface area (Å²) in [6, 6.07) is 5.76. The fraction of sp³-hybridized carbons (Fsp3) is 0.588. The Hall–Kier alpha value is -1.50. The summed E-state index contributed by atoms with van der Waals surface area (Å²) in [6.07, 6.45) is 1.06. The number of hydrogen-bond donors (Lipinski definition) is 0. The lowest BCUT2D eigenvalue weighted by molar-refractivity contribution is -0.0971. The number of nitrogens with zero attached hydrogens (tertiary/aromatic N) is 2. The average Bonchev–Trinajstić information content (AvgIpc) is 2.81. The van der Waals surface area contributed by atoms with Gasteiger partial charge in [0.1, 0.15) is 5.82 Å². The van der Waals surface area contributed by atoms with Crippen molar-refractivity contribution in [3.05, 3.63) is 35.6 Å². The van der Waals surface area contributed by atoms with Crippen molar-refractivity contribution in [2.24, 2.45) is 0 Å². The number of rotatable bonds is 3. The van der Waals surface area contributed by atoms with Crippen LogP contribution in [0, 0.1) is 5.82 Å². The minimum absolute atomic E-state index is 0.0240. The molecule has 1 aromatic rings. The summed E-state index contributed by atoms with van der Waals surface area (Å²) < 4.78 is 24.1. The van der Waals surface area contributed by atoms with E-state index in [1.54, 1.807) is 12.1 Å². The number of amides is 1. The van der Waals surface area contributed by atoms with Gasteiger partial charge in [-0.05, 0) is 37.2 Å². The monoisotopic (exact) mass is 322 g/mol. The van der Waals surface area contributed by atoms with Gasteiger partial charge in [-0.25, -0.2) is 4.39 Å². The van der Waals surface area contributed by atoms with Crippen LogP contribution in [-0.4, -0.2) is 74.4 Å². The molecule has 0 spiro atoms. The van der Waals surface area contributed by atoms with Gasteiger partial charge in [0.15, 0.2) is 0 Å². The first-order chi connectivity index (χ1) is 11.2. The largest absolute Gasteiger partial charge is 0.376 e. The molecule has 0 saturated carbocycles. The van der Waals surface area contributed by atoms with Crippen LogP contribution in [0.3, 0.4) is 0 Å². The van der Waals surface area contributed by atoms with E-state index in [-0.39, 0.29) is 17.8 Å². The molecule has 0 aliphatic carbocycles. The van der Waals surface area contributed by atoms with Gasteiger partial charge in [-0.3, -0.25) is 9.69 Å². The third-order valence-corrected chi connectivity index (χ3v) is 4.31. The quantitative estimate of drug-likeness (QED) is 0.843. The summed E-state index contributed by atoms with van der Waals surface area (Å²) in [5.41, 5.74) is 0.545. The highest BCUT2D eigenvalue weighted by Crippen LogP contribution is 2.12. The van der Waals surface area contributed by atoms with Gasteiger partial charge in [-0.2, -0.15) is 0 Å². The van der Waals surface area contributed by atoms with Crippen LogP contribution in [0.1, 0.15) is 16.8 Å². The fourth-order valence-corrected chi connectivity index (χ4v) is 3.06. The highest BCUT2D eigenvalue weighted by Gasteiger charge is 2.23. The molecular formula is C17H23FN2O3. The van der Waals surface area contributed by atoms with Gasteiger partial charge in [0, 0.05) is 31.7 Å². The molecule has 23 heavy (non-hydrogen) atoms. The maximum atomic E-state index is 13.0. The SMILES string of the molecule is O=C(c1ccc(F)cc1)N1CCCN(CC2COCCO2)CC1. The molecule has 3 rings (SSSR count). The zero-order valence-corrected chi connectivity index (χ0v) is 13.2. The minimum Gasteiger partial charge on any atom is -0.376 e. The van der Waals surface area contributed by atoms with Crippen molar-refractivity contribution >= 4 is 5.91 Å². The van der Waals surface area contributed by atoms with Crippen LogP contribution in [0.5, 0.6) is 0 Å². The van der Waals surface area contributed by atoms with E-state index in [9.17, 15) is 9.18 Å². The maximum Gasteiger partial charge on any atom is 0.253 e. The van der Waals surface area contributed by atoms with Crippen LogP contribution >= 0.6 is 0 Å². The highest BCUT2D eigenvalue weighted by molar-refractivity contribution is 5.94. The van der Waals surface area contributed by atoms with E-state index in [1.165, 1.54) is 12.1 Å². The van der Waals surface area contributed by atoms with Crippen LogP contribution in [0.15, 0.2) is 24.3 Å². The van der Waals surface area contributed by atoms with Crippen molar-refractivity contribution in [1.82, 2.24) is 9.80 Å². The lowest BCUT2D eigenvalue weighted by Crippen LogP contribution is -2.42. The van der Waals surface area contributed by atoms with Crippen molar-refractivity contribution in [1.29, 1.82) is 0 Å². The van der Waals surface area contributed by atoms with E-state index >= 15 is 0 Å². The number of ether oxygens (including phenoxy) is 2. The molecule has 2 aliphatic rings. The average molecular weight is 322 g/mol. The number of carbonyl (C=O) groups excluding carboxylic acids is 1. The molecular weight excluding hydrogens is 299 g/mol. The molecule has 1 aromatic carbocycles. The molecule has 126 valence electrons. The van der Waals surface area contributed by atoms with Crippen molar-refractivity contribution in [3.8, 4) is 0 Å². The fourth-order valence-electron chi connectivity index (χ4n) is 3.06. The Bertz CT molecular complexity index is 517. The van der Waals surface area contributed by atoms with Crippen LogP contribution < -0.4 is 0 Å². The van der Waals surface area contributed by atoms with Crippen LogP contribution in [0.2, 0.25) is 0 Å². The predicted molar refractivity (Wildman–Crippen MR) is 83.9 cm³/mol. The Labute approximate surface area is 136 Å². The Balaban J connectivity index is 1.53. The van der Waals surface area contributed by atoms with E-state index in [0.29, 0.717) is 31.9 Å². The van der Waals surface area contributed by atoms with Crippen molar-refractivity contribution in [3.63, 3.8) is 0 Å². The normalized spacial score (nSPS) is 23.5. The zero-order valence-electron chi connectivity index (χ0n) is 13.2. The molecule has 1 amide bonds. The van der Waals surface area contributed by atoms with Crippen molar-refractivity contribution in [2.75, 3.05) is 52.5 Å². The van der Waals surface area contributed by atoms with Gasteiger partial charge < -0.3 is 14.4 Å². The second-order valence-corrected chi connectivity index (χ2v) is 6.02. The van der Waals surface area contributed by atoms with Gasteiger partial charge in [0.05, 0.1) is 25.9 Å². The molecule has 1 atom stereocenters. The number of hydrogen-bond acceptors (Lipinski definition) is 4. The Kier molecular flexibility index (Phi) is 5.59. The first-order valence-electron chi connectivity index (χ1n) is 8.19. The number of halogens is 1. The topological polar surface area (TPSA) is 42.0 Å². The number of carbonyl (C=O) groups is 1. The summed E-state index contributed by atoms with van der Waals surface area (Å²) >= 11 is 0. The van der Waals surface area contributed by atoms with Crippen LogP contribution in [-0.2, 0) is 9.47 Å². The smallest absolute Gasteiger partial charge is 0.253 e. The highest BCUT2D eigenvalue weighted by atomic mass is 19.1. The molecule has 0 radical (unpaired) electrons. The molecule has 6 heteroatoms. The molecule has 2 saturated heterocycles. The third-order valence-electron chi connectivity index (χ3n) is 4.31. The summed E-state index contributed by atoms with van der Waals surface area (Å²) in [4.78, 5) is 16.7. The second-order valence-electron chi connectivity index (χ2n) is 6.02. The first kappa shape index (κ1) is 16.4. The maximum absolute atomic E-state index is 13.0. The summed E-state index contributed by atoms with van der Waals surface area (Å²) in [6.45, 7) is 6.02. The Morgan fingerprint density at radius 2 is 1.96 bits per heavy atom. The van der Waals surface area contributed by atoms with E-state index in [0.717, 1.165) is 32.6 Å². The molecule has 2 aliphatic heterocycles. The standard InChI is InChI=1S/C17H23FN2O3/c18-15-4-2-14(3-5-15)17(21)20-7-1-6-19(8-9-20)12-16-13-22-10-11-23-16/h2-5,16H,1,6-13H2. The second kappa shape index (κ2) is 7.86. The zero-order chi connectivity index (χ0) is 16.1. The molecule has 2 heterocycles. The molecule has 0 bridgehead atoms. The van der Waals surface area contributed by atoms with Gasteiger partial charge in [-0.1, -0.05) is 0 Å². The third kappa shape index (κ3) is 4.50. The van der Waals surface area contributed by atoms with Crippen molar-refractivity contribution in [2.45, 2.75) is 12.5 Å². The molecule has 0 aromatic heterocycles. The lowest BCUT2D eigenvalue weighted by atomic mass is 10.2. The first-order valence-corrected chi connectivity index (χ1v) is 8.19. The molecule has 0 N–H and O–H groups in total. The van der Waals surface area contributed by atoms with E-state index in [4.69, 9.17) is 9.47 Å². The van der Waals surface area contributed by atoms with Crippen molar-refractivity contribution < 1.29 is 18.7 Å². The number of benzene rings is 1. The van der Waals surface area contributed by atoms with Crippen LogP contribution in [0.4, 0.5) is 4.39 Å². The van der Waals surface area contributed by atoms with E-state index < -0.39 is 0 Å². The minimum atomic E-state index is -0.321. The summed E-state index contributed by atoms with van der Waals surface area (Å²) in [7, 11) is 0. The Morgan fingerprint density at radius 1 is 1.13 bits per heavy atom. The molecule has 1 unspecified atom stereocenters. The Morgan fingerprint density at radius 3 is 2.70 bits per heavy atom. The van der Waals surface area contributed by atoms with Gasteiger partial charge in [0.25, 0.3) is 5.91 Å². The van der Waals surface area contributed by atoms with Gasteiger partial charge >= 0.3 is 0 Å². The van der Waals surface area contributed by atoms with Crippen LogP contribution in [0.25, 0.3) is 0 Å². The predicted octanol–water partition coefficient (Wildman–Crippen LogP) is 1.39. The molecule has 2 fully saturated rings. The lowest BCUT2D eigenvalue weighted by Gasteiger charge is -2.29. The molecule has 5 nitrogen and oxygen atoms in total. The summed E-state index contributed by atoms with van der Waals surface area (Å²) in [5, 5.41) is 0. The van der Waals surface area contributed by atoms with E-state index in [1.807, 2.05) is 4.90 Å². The van der Waals surface area contributed by atoms with Gasteiger partial charge in [-0.15, -0.1) is 0 Å². The van der Waals surface area contributed by atoms with E-state index in [2.05, 4.69) is 4.90 Å². The van der Waals surface area contributed by atoms with Gasteiger partial charge in [0.2, 0.25) is 0 Å².